The molecule has 90 valence electrons. The molecular formula is C12H19BrN2O. The topological polar surface area (TPSA) is 58.3 Å². The minimum atomic E-state index is -0.276. The van der Waals surface area contributed by atoms with Gasteiger partial charge in [0.15, 0.2) is 0 Å². The second-order valence-corrected chi connectivity index (χ2v) is 4.92. The van der Waals surface area contributed by atoms with E-state index in [1.807, 2.05) is 18.2 Å². The second kappa shape index (κ2) is 5.55. The first-order valence-corrected chi connectivity index (χ1v) is 6.30. The molecule has 0 radical (unpaired) electrons. The monoisotopic (exact) mass is 286 g/mol. The van der Waals surface area contributed by atoms with Crippen molar-refractivity contribution in [2.45, 2.75) is 32.2 Å². The molecule has 16 heavy (non-hydrogen) atoms. The zero-order valence-electron chi connectivity index (χ0n) is 9.76. The third-order valence-corrected chi connectivity index (χ3v) is 3.56. The number of nitrogen functional groups attached to an aromatic ring is 1. The molecule has 0 amide bonds. The van der Waals surface area contributed by atoms with E-state index in [1.165, 1.54) is 0 Å². The summed E-state index contributed by atoms with van der Waals surface area (Å²) in [6, 6.07) is 5.72. The predicted octanol–water partition coefficient (Wildman–Crippen LogP) is 2.99. The van der Waals surface area contributed by atoms with Gasteiger partial charge in [-0.15, -0.1) is 0 Å². The minimum Gasteiger partial charge on any atom is -0.397 e. The Bertz CT molecular complexity index is 343. The van der Waals surface area contributed by atoms with Crippen molar-refractivity contribution < 1.29 is 5.11 Å². The summed E-state index contributed by atoms with van der Waals surface area (Å²) < 4.78 is 0.957. The fourth-order valence-corrected chi connectivity index (χ4v) is 2.00. The summed E-state index contributed by atoms with van der Waals surface area (Å²) in [7, 11) is 0. The van der Waals surface area contributed by atoms with Crippen molar-refractivity contribution in [3.63, 3.8) is 0 Å². The van der Waals surface area contributed by atoms with Crippen molar-refractivity contribution in [3.8, 4) is 0 Å². The quantitative estimate of drug-likeness (QED) is 0.730. The Morgan fingerprint density at radius 3 is 2.44 bits per heavy atom. The van der Waals surface area contributed by atoms with Gasteiger partial charge in [-0.3, -0.25) is 0 Å². The Kier molecular flexibility index (Phi) is 4.62. The lowest BCUT2D eigenvalue weighted by atomic mass is 9.93. The highest BCUT2D eigenvalue weighted by Crippen LogP contribution is 2.28. The van der Waals surface area contributed by atoms with Crippen molar-refractivity contribution in [3.05, 3.63) is 22.7 Å². The van der Waals surface area contributed by atoms with Gasteiger partial charge in [0.2, 0.25) is 0 Å². The molecule has 0 fully saturated rings. The Labute approximate surface area is 105 Å². The molecule has 0 saturated heterocycles. The van der Waals surface area contributed by atoms with Crippen LogP contribution in [0.25, 0.3) is 0 Å². The van der Waals surface area contributed by atoms with Gasteiger partial charge in [0.1, 0.15) is 0 Å². The third kappa shape index (κ3) is 2.89. The molecule has 0 aliphatic heterocycles. The fourth-order valence-electron chi connectivity index (χ4n) is 1.62. The number of aliphatic hydroxyl groups excluding tert-OH is 1. The molecule has 0 aliphatic rings. The standard InChI is InChI=1S/C12H19BrN2O/c1-3-12(4-2,8-16)15-11-6-5-9(13)7-10(11)14/h5-7,15-16H,3-4,8,14H2,1-2H3. The first kappa shape index (κ1) is 13.3. The number of aliphatic hydroxyl groups is 1. The Morgan fingerprint density at radius 1 is 1.38 bits per heavy atom. The van der Waals surface area contributed by atoms with Crippen LogP contribution in [-0.2, 0) is 0 Å². The van der Waals surface area contributed by atoms with Gasteiger partial charge in [0.25, 0.3) is 0 Å². The van der Waals surface area contributed by atoms with E-state index >= 15 is 0 Å². The van der Waals surface area contributed by atoms with Crippen molar-refractivity contribution in [2.75, 3.05) is 17.7 Å². The van der Waals surface area contributed by atoms with Crippen molar-refractivity contribution in [1.82, 2.24) is 0 Å². The summed E-state index contributed by atoms with van der Waals surface area (Å²) in [5, 5.41) is 12.8. The molecule has 1 aromatic rings. The Morgan fingerprint density at radius 2 is 2.00 bits per heavy atom. The Hall–Kier alpha value is -0.740. The van der Waals surface area contributed by atoms with Crippen LogP contribution in [0.2, 0.25) is 0 Å². The van der Waals surface area contributed by atoms with Crippen molar-refractivity contribution in [2.24, 2.45) is 0 Å². The minimum absolute atomic E-state index is 0.107. The SMILES string of the molecule is CCC(CC)(CO)Nc1ccc(Br)cc1N. The molecule has 0 unspecified atom stereocenters. The van der Waals surface area contributed by atoms with Crippen LogP contribution in [0, 0.1) is 0 Å². The van der Waals surface area contributed by atoms with E-state index in [-0.39, 0.29) is 12.1 Å². The average Bonchev–Trinajstić information content (AvgIpc) is 2.29. The van der Waals surface area contributed by atoms with E-state index in [4.69, 9.17) is 5.73 Å². The number of nitrogens with two attached hydrogens (primary N) is 1. The molecule has 0 atom stereocenters. The summed E-state index contributed by atoms with van der Waals surface area (Å²) in [6.07, 6.45) is 1.71. The normalized spacial score (nSPS) is 11.5. The number of hydrogen-bond donors (Lipinski definition) is 3. The second-order valence-electron chi connectivity index (χ2n) is 4.00. The largest absolute Gasteiger partial charge is 0.397 e. The smallest absolute Gasteiger partial charge is 0.0661 e. The van der Waals surface area contributed by atoms with Crippen LogP contribution < -0.4 is 11.1 Å². The van der Waals surface area contributed by atoms with Gasteiger partial charge in [-0.05, 0) is 31.0 Å². The fraction of sp³-hybridized carbons (Fsp3) is 0.500. The van der Waals surface area contributed by atoms with Crippen LogP contribution in [0.15, 0.2) is 22.7 Å². The predicted molar refractivity (Wildman–Crippen MR) is 72.6 cm³/mol. The van der Waals surface area contributed by atoms with Gasteiger partial charge in [-0.25, -0.2) is 0 Å². The van der Waals surface area contributed by atoms with Crippen LogP contribution in [0.4, 0.5) is 11.4 Å². The molecular weight excluding hydrogens is 268 g/mol. The van der Waals surface area contributed by atoms with E-state index in [9.17, 15) is 5.11 Å². The van der Waals surface area contributed by atoms with E-state index in [1.54, 1.807) is 0 Å². The molecule has 1 aromatic carbocycles. The molecule has 0 saturated carbocycles. The molecule has 0 heterocycles. The zero-order chi connectivity index (χ0) is 12.2. The van der Waals surface area contributed by atoms with Gasteiger partial charge in [0, 0.05) is 4.47 Å². The van der Waals surface area contributed by atoms with Gasteiger partial charge in [-0.2, -0.15) is 0 Å². The summed E-state index contributed by atoms with van der Waals surface area (Å²) >= 11 is 3.37. The number of nitrogens with one attached hydrogen (secondary N) is 1. The lowest BCUT2D eigenvalue weighted by Crippen LogP contribution is -2.41. The number of benzene rings is 1. The maximum atomic E-state index is 9.47. The molecule has 0 aliphatic carbocycles. The summed E-state index contributed by atoms with van der Waals surface area (Å²) in [5.74, 6) is 0. The number of hydrogen-bond acceptors (Lipinski definition) is 3. The first-order valence-electron chi connectivity index (χ1n) is 5.51. The maximum Gasteiger partial charge on any atom is 0.0661 e. The summed E-state index contributed by atoms with van der Waals surface area (Å²) in [5.41, 5.74) is 7.21. The van der Waals surface area contributed by atoms with Crippen LogP contribution >= 0.6 is 15.9 Å². The first-order chi connectivity index (χ1) is 7.56. The summed E-state index contributed by atoms with van der Waals surface area (Å²) in [4.78, 5) is 0. The summed E-state index contributed by atoms with van der Waals surface area (Å²) in [6.45, 7) is 4.22. The molecule has 0 spiro atoms. The Balaban J connectivity index is 2.93. The average molecular weight is 287 g/mol. The van der Waals surface area contributed by atoms with Crippen molar-refractivity contribution in [1.29, 1.82) is 0 Å². The van der Waals surface area contributed by atoms with E-state index in [0.29, 0.717) is 5.69 Å². The van der Waals surface area contributed by atoms with Gasteiger partial charge in [0.05, 0.1) is 23.5 Å². The van der Waals surface area contributed by atoms with Crippen molar-refractivity contribution >= 4 is 27.3 Å². The zero-order valence-corrected chi connectivity index (χ0v) is 11.3. The van der Waals surface area contributed by atoms with E-state index in [0.717, 1.165) is 23.0 Å². The van der Waals surface area contributed by atoms with Gasteiger partial charge in [-0.1, -0.05) is 29.8 Å². The molecule has 4 N–H and O–H groups in total. The number of rotatable bonds is 5. The molecule has 1 rings (SSSR count). The highest BCUT2D eigenvalue weighted by molar-refractivity contribution is 9.10. The van der Waals surface area contributed by atoms with E-state index in [2.05, 4.69) is 35.1 Å². The van der Waals surface area contributed by atoms with Crippen LogP contribution in [0.3, 0.4) is 0 Å². The van der Waals surface area contributed by atoms with Gasteiger partial charge < -0.3 is 16.2 Å². The number of halogens is 1. The molecule has 0 bridgehead atoms. The molecule has 0 aromatic heterocycles. The highest BCUT2D eigenvalue weighted by atomic mass is 79.9. The maximum absolute atomic E-state index is 9.47. The lowest BCUT2D eigenvalue weighted by molar-refractivity contribution is 0.202. The lowest BCUT2D eigenvalue weighted by Gasteiger charge is -2.32. The highest BCUT2D eigenvalue weighted by Gasteiger charge is 2.25. The van der Waals surface area contributed by atoms with Gasteiger partial charge >= 0.3 is 0 Å². The van der Waals surface area contributed by atoms with Crippen LogP contribution in [0.5, 0.6) is 0 Å². The van der Waals surface area contributed by atoms with E-state index < -0.39 is 0 Å². The van der Waals surface area contributed by atoms with Crippen LogP contribution in [0.1, 0.15) is 26.7 Å². The molecule has 4 heteroatoms. The molecule has 3 nitrogen and oxygen atoms in total. The third-order valence-electron chi connectivity index (χ3n) is 3.07. The number of anilines is 2. The van der Waals surface area contributed by atoms with Crippen LogP contribution in [-0.4, -0.2) is 17.3 Å².